The van der Waals surface area contributed by atoms with Crippen LogP contribution in [-0.4, -0.2) is 10.1 Å². The van der Waals surface area contributed by atoms with Crippen molar-refractivity contribution in [3.8, 4) is 11.3 Å². The molecule has 0 unspecified atom stereocenters. The maximum atomic E-state index is 7.13. The number of aromatic nitrogens is 2. The van der Waals surface area contributed by atoms with Crippen molar-refractivity contribution in [1.29, 1.82) is 0 Å². The SMILES string of the molecule is [C-]#[N+]c1ccc2c(-c3ccccc3[C@@H](N)Cc3ccccn3)noc2c1. The summed E-state index contributed by atoms with van der Waals surface area (Å²) in [6, 6.07) is 18.9. The van der Waals surface area contributed by atoms with Gasteiger partial charge in [-0.3, -0.25) is 4.98 Å². The molecule has 126 valence electrons. The minimum Gasteiger partial charge on any atom is -0.357 e. The number of hydrogen-bond acceptors (Lipinski definition) is 4. The summed E-state index contributed by atoms with van der Waals surface area (Å²) in [6.45, 7) is 7.13. The van der Waals surface area contributed by atoms with Gasteiger partial charge in [-0.15, -0.1) is 0 Å². The van der Waals surface area contributed by atoms with Crippen molar-refractivity contribution >= 4 is 16.7 Å². The summed E-state index contributed by atoms with van der Waals surface area (Å²) in [4.78, 5) is 7.79. The van der Waals surface area contributed by atoms with E-state index in [0.29, 0.717) is 17.7 Å². The van der Waals surface area contributed by atoms with Crippen molar-refractivity contribution in [3.05, 3.63) is 89.5 Å². The maximum Gasteiger partial charge on any atom is 0.191 e. The van der Waals surface area contributed by atoms with Gasteiger partial charge in [-0.25, -0.2) is 4.85 Å². The van der Waals surface area contributed by atoms with E-state index in [1.54, 1.807) is 18.3 Å². The Kier molecular flexibility index (Phi) is 4.18. The van der Waals surface area contributed by atoms with Crippen molar-refractivity contribution in [2.75, 3.05) is 0 Å². The van der Waals surface area contributed by atoms with Crippen LogP contribution in [0.5, 0.6) is 0 Å². The molecule has 0 aliphatic rings. The van der Waals surface area contributed by atoms with Gasteiger partial charge in [0.1, 0.15) is 5.69 Å². The zero-order valence-electron chi connectivity index (χ0n) is 14.0. The van der Waals surface area contributed by atoms with Gasteiger partial charge in [0, 0.05) is 35.3 Å². The van der Waals surface area contributed by atoms with Gasteiger partial charge in [-0.1, -0.05) is 47.6 Å². The highest BCUT2D eigenvalue weighted by Gasteiger charge is 2.18. The van der Waals surface area contributed by atoms with Gasteiger partial charge >= 0.3 is 0 Å². The van der Waals surface area contributed by atoms with Crippen LogP contribution in [0.1, 0.15) is 17.3 Å². The third-order valence-electron chi connectivity index (χ3n) is 4.36. The summed E-state index contributed by atoms with van der Waals surface area (Å²) in [5, 5.41) is 5.11. The average molecular weight is 340 g/mol. The van der Waals surface area contributed by atoms with E-state index in [-0.39, 0.29) is 6.04 Å². The lowest BCUT2D eigenvalue weighted by atomic mass is 9.94. The van der Waals surface area contributed by atoms with Gasteiger partial charge in [-0.2, -0.15) is 0 Å². The van der Waals surface area contributed by atoms with Crippen molar-refractivity contribution in [3.63, 3.8) is 0 Å². The number of rotatable bonds is 4. The fraction of sp³-hybridized carbons (Fsp3) is 0.0952. The smallest absolute Gasteiger partial charge is 0.191 e. The Hall–Kier alpha value is -3.49. The molecule has 0 saturated carbocycles. The van der Waals surface area contributed by atoms with E-state index >= 15 is 0 Å². The van der Waals surface area contributed by atoms with E-state index in [2.05, 4.69) is 15.0 Å². The average Bonchev–Trinajstić information content (AvgIpc) is 3.11. The topological polar surface area (TPSA) is 69.3 Å². The molecule has 2 heterocycles. The first-order valence-electron chi connectivity index (χ1n) is 8.28. The van der Waals surface area contributed by atoms with Gasteiger partial charge in [0.05, 0.1) is 6.57 Å². The molecule has 0 radical (unpaired) electrons. The molecule has 4 aromatic rings. The van der Waals surface area contributed by atoms with E-state index in [4.69, 9.17) is 16.8 Å². The Morgan fingerprint density at radius 3 is 2.73 bits per heavy atom. The van der Waals surface area contributed by atoms with Crippen LogP contribution >= 0.6 is 0 Å². The number of nitrogens with zero attached hydrogens (tertiary/aromatic N) is 3. The molecule has 2 N–H and O–H groups in total. The van der Waals surface area contributed by atoms with Crippen LogP contribution in [0.4, 0.5) is 5.69 Å². The molecule has 1 atom stereocenters. The number of nitrogens with two attached hydrogens (primary N) is 1. The van der Waals surface area contributed by atoms with Crippen LogP contribution in [0.25, 0.3) is 27.1 Å². The molecule has 0 saturated heterocycles. The molecule has 0 spiro atoms. The minimum absolute atomic E-state index is 0.213. The molecule has 0 aliphatic carbocycles. The van der Waals surface area contributed by atoms with Crippen molar-refractivity contribution in [2.45, 2.75) is 12.5 Å². The van der Waals surface area contributed by atoms with Gasteiger partial charge in [0.2, 0.25) is 0 Å². The number of pyridine rings is 1. The third kappa shape index (κ3) is 2.94. The van der Waals surface area contributed by atoms with Gasteiger partial charge in [0.25, 0.3) is 0 Å². The summed E-state index contributed by atoms with van der Waals surface area (Å²) < 4.78 is 5.45. The van der Waals surface area contributed by atoms with Crippen LogP contribution < -0.4 is 5.73 Å². The molecule has 2 aromatic heterocycles. The summed E-state index contributed by atoms with van der Waals surface area (Å²) in [7, 11) is 0. The zero-order chi connectivity index (χ0) is 17.9. The summed E-state index contributed by atoms with van der Waals surface area (Å²) >= 11 is 0. The lowest BCUT2D eigenvalue weighted by Gasteiger charge is -2.15. The van der Waals surface area contributed by atoms with Crippen LogP contribution in [0.3, 0.4) is 0 Å². The van der Waals surface area contributed by atoms with E-state index in [1.807, 2.05) is 48.5 Å². The van der Waals surface area contributed by atoms with Gasteiger partial charge < -0.3 is 10.3 Å². The van der Waals surface area contributed by atoms with E-state index in [1.165, 1.54) is 0 Å². The van der Waals surface area contributed by atoms with Crippen LogP contribution in [-0.2, 0) is 6.42 Å². The molecule has 0 fully saturated rings. The van der Waals surface area contributed by atoms with Crippen LogP contribution in [0.15, 0.2) is 71.4 Å². The van der Waals surface area contributed by atoms with Crippen molar-refractivity contribution in [1.82, 2.24) is 10.1 Å². The van der Waals surface area contributed by atoms with Crippen LogP contribution in [0, 0.1) is 6.57 Å². The molecule has 0 aliphatic heterocycles. The Labute approximate surface area is 150 Å². The van der Waals surface area contributed by atoms with E-state index < -0.39 is 0 Å². The number of hydrogen-bond donors (Lipinski definition) is 1. The van der Waals surface area contributed by atoms with Crippen molar-refractivity contribution in [2.24, 2.45) is 5.73 Å². The molecular weight excluding hydrogens is 324 g/mol. The Bertz CT molecular complexity index is 1100. The Morgan fingerprint density at radius 2 is 1.92 bits per heavy atom. The first kappa shape index (κ1) is 16.0. The normalized spacial score (nSPS) is 12.0. The molecule has 2 aromatic carbocycles. The first-order valence-corrected chi connectivity index (χ1v) is 8.28. The Morgan fingerprint density at radius 1 is 1.08 bits per heavy atom. The third-order valence-corrected chi connectivity index (χ3v) is 4.36. The minimum atomic E-state index is -0.213. The quantitative estimate of drug-likeness (QED) is 0.548. The predicted octanol–water partition coefficient (Wildman–Crippen LogP) is 4.68. The molecule has 0 amide bonds. The summed E-state index contributed by atoms with van der Waals surface area (Å²) in [6.07, 6.45) is 2.41. The van der Waals surface area contributed by atoms with E-state index in [0.717, 1.165) is 27.9 Å². The fourth-order valence-corrected chi connectivity index (χ4v) is 3.08. The molecule has 5 heteroatoms. The highest BCUT2D eigenvalue weighted by molar-refractivity contribution is 5.94. The standard InChI is InChI=1S/C21H16N4O/c1-23-14-9-10-18-20(13-14)26-25-21(18)17-8-3-2-7-16(17)19(22)12-15-6-4-5-11-24-15/h2-11,13,19H,12,22H2/t19-/m0/s1. The molecule has 5 nitrogen and oxygen atoms in total. The van der Waals surface area contributed by atoms with Crippen molar-refractivity contribution < 1.29 is 4.52 Å². The first-order chi connectivity index (χ1) is 12.8. The number of benzene rings is 2. The molecule has 4 rings (SSSR count). The van der Waals surface area contributed by atoms with Gasteiger partial charge in [0.15, 0.2) is 11.3 Å². The second kappa shape index (κ2) is 6.79. The molecule has 26 heavy (non-hydrogen) atoms. The monoisotopic (exact) mass is 340 g/mol. The predicted molar refractivity (Wildman–Crippen MR) is 101 cm³/mol. The summed E-state index contributed by atoms with van der Waals surface area (Å²) in [5.41, 5.74) is 11.2. The van der Waals surface area contributed by atoms with E-state index in [9.17, 15) is 0 Å². The second-order valence-electron chi connectivity index (χ2n) is 6.04. The largest absolute Gasteiger partial charge is 0.357 e. The lowest BCUT2D eigenvalue weighted by Crippen LogP contribution is -2.15. The molecule has 0 bridgehead atoms. The highest BCUT2D eigenvalue weighted by atomic mass is 16.5. The maximum absolute atomic E-state index is 7.13. The summed E-state index contributed by atoms with van der Waals surface area (Å²) in [5.74, 6) is 0. The molecular formula is C21H16N4O. The second-order valence-corrected chi connectivity index (χ2v) is 6.04. The van der Waals surface area contributed by atoms with Gasteiger partial charge in [-0.05, 0) is 23.8 Å². The Balaban J connectivity index is 1.76. The lowest BCUT2D eigenvalue weighted by molar-refractivity contribution is 0.459. The number of fused-ring (bicyclic) bond motifs is 1. The fourth-order valence-electron chi connectivity index (χ4n) is 3.08. The van der Waals surface area contributed by atoms with Crippen LogP contribution in [0.2, 0.25) is 0 Å². The highest BCUT2D eigenvalue weighted by Crippen LogP contribution is 2.34. The zero-order valence-corrected chi connectivity index (χ0v) is 14.0.